The molecule has 1 aliphatic rings. The summed E-state index contributed by atoms with van der Waals surface area (Å²) in [6.07, 6.45) is 1.66. The molecule has 10 rings (SSSR count). The largest absolute Gasteiger partial charge is 0.457 e. The predicted octanol–water partition coefficient (Wildman–Crippen LogP) is 16.4. The van der Waals surface area contributed by atoms with Crippen molar-refractivity contribution in [1.29, 1.82) is 0 Å². The molecule has 0 unspecified atom stereocenters. The van der Waals surface area contributed by atoms with Crippen LogP contribution in [0, 0.1) is 0 Å². The van der Waals surface area contributed by atoms with Crippen LogP contribution in [0.3, 0.4) is 0 Å². The molecule has 0 saturated heterocycles. The van der Waals surface area contributed by atoms with E-state index in [1.54, 1.807) is 22.9 Å². The van der Waals surface area contributed by atoms with E-state index >= 15 is 0 Å². The zero-order chi connectivity index (χ0) is 54.8. The van der Waals surface area contributed by atoms with Gasteiger partial charge in [0.05, 0.1) is 43.2 Å². The number of ether oxygens (including phenoxy) is 1. The smallest absolute Gasteiger partial charge is 0.137 e. The Morgan fingerprint density at radius 1 is 0.508 bits per heavy atom. The van der Waals surface area contributed by atoms with Crippen molar-refractivity contribution in [2.24, 2.45) is 0 Å². The van der Waals surface area contributed by atoms with Crippen molar-refractivity contribution in [3.63, 3.8) is 0 Å². The van der Waals surface area contributed by atoms with E-state index in [4.69, 9.17) is 14.3 Å². The number of anilines is 4. The third kappa shape index (κ3) is 7.84. The highest BCUT2D eigenvalue weighted by molar-refractivity contribution is 6.09. The molecule has 5 heteroatoms. The second kappa shape index (κ2) is 15.8. The first-order valence-corrected chi connectivity index (χ1v) is 22.0. The summed E-state index contributed by atoms with van der Waals surface area (Å²) in [7, 11) is 0. The average Bonchev–Trinajstić information content (AvgIpc) is 3.97. The van der Waals surface area contributed by atoms with Gasteiger partial charge < -0.3 is 14.5 Å². The van der Waals surface area contributed by atoms with Crippen molar-refractivity contribution in [3.8, 4) is 39.6 Å². The molecule has 0 atom stereocenters. The van der Waals surface area contributed by atoms with E-state index in [2.05, 4.69) is 101 Å². The molecule has 0 bridgehead atoms. The lowest BCUT2D eigenvalue weighted by Crippen LogP contribution is -2.25. The highest BCUT2D eigenvalue weighted by Gasteiger charge is 2.33. The fraction of sp³-hybridized carbons (Fsp3) is 0.217. The lowest BCUT2D eigenvalue weighted by atomic mass is 9.81. The van der Waals surface area contributed by atoms with Crippen molar-refractivity contribution < 1.29 is 19.8 Å². The summed E-state index contributed by atoms with van der Waals surface area (Å²) in [6.45, 7) is 19.2. The Kier molecular flexibility index (Phi) is 7.53. The van der Waals surface area contributed by atoms with Crippen LogP contribution in [-0.4, -0.2) is 16.2 Å². The first-order valence-electron chi connectivity index (χ1n) is 27.5. The van der Waals surface area contributed by atoms with Crippen LogP contribution in [0.5, 0.6) is 11.5 Å². The molecule has 0 aliphatic carbocycles. The van der Waals surface area contributed by atoms with Gasteiger partial charge in [0, 0.05) is 45.9 Å². The minimum absolute atomic E-state index is 0.0220. The van der Waals surface area contributed by atoms with Gasteiger partial charge in [0.15, 0.2) is 0 Å². The molecule has 0 amide bonds. The second-order valence-corrected chi connectivity index (χ2v) is 19.8. The van der Waals surface area contributed by atoms with Gasteiger partial charge in [-0.15, -0.1) is 0 Å². The van der Waals surface area contributed by atoms with E-state index in [1.165, 1.54) is 0 Å². The van der Waals surface area contributed by atoms with Gasteiger partial charge >= 0.3 is 0 Å². The number of para-hydroxylation sites is 3. The number of pyridine rings is 1. The summed E-state index contributed by atoms with van der Waals surface area (Å²) in [5.74, 6) is 0.746. The lowest BCUT2D eigenvalue weighted by Gasteiger charge is -2.30. The molecule has 2 aromatic heterocycles. The highest BCUT2D eigenvalue weighted by atomic mass is 16.5. The van der Waals surface area contributed by atoms with E-state index < -0.39 is 35.6 Å². The van der Waals surface area contributed by atoms with Crippen LogP contribution in [0.2, 0.25) is 0 Å². The van der Waals surface area contributed by atoms with Crippen LogP contribution in [-0.2, 0) is 16.2 Å². The fourth-order valence-corrected chi connectivity index (χ4v) is 8.64. The second-order valence-electron chi connectivity index (χ2n) is 19.8. The Balaban J connectivity index is 1.15. The normalized spacial score (nSPS) is 15.6. The molecule has 324 valence electrons. The number of benzene rings is 7. The van der Waals surface area contributed by atoms with E-state index in [0.29, 0.717) is 34.0 Å². The highest BCUT2D eigenvalue weighted by Crippen LogP contribution is 2.52. The maximum Gasteiger partial charge on any atom is 0.137 e. The summed E-state index contributed by atoms with van der Waals surface area (Å²) in [5.41, 5.74) is 7.84. The van der Waals surface area contributed by atoms with Crippen molar-refractivity contribution in [3.05, 3.63) is 192 Å². The molecule has 3 heterocycles. The molecule has 65 heavy (non-hydrogen) atoms. The van der Waals surface area contributed by atoms with Crippen molar-refractivity contribution >= 4 is 44.6 Å². The zero-order valence-corrected chi connectivity index (χ0v) is 38.3. The van der Waals surface area contributed by atoms with E-state index in [-0.39, 0.29) is 81.4 Å². The minimum Gasteiger partial charge on any atom is -0.457 e. The summed E-state index contributed by atoms with van der Waals surface area (Å²) < 4.78 is 107. The van der Waals surface area contributed by atoms with Crippen LogP contribution in [0.15, 0.2) is 176 Å². The maximum absolute atomic E-state index is 9.44. The molecule has 0 spiro atoms. The number of hydrogen-bond acceptors (Lipinski definition) is 4. The number of aromatic nitrogens is 2. The van der Waals surface area contributed by atoms with Crippen LogP contribution < -0.4 is 14.5 Å². The Morgan fingerprint density at radius 2 is 1.15 bits per heavy atom. The van der Waals surface area contributed by atoms with E-state index in [1.807, 2.05) is 66.7 Å². The Morgan fingerprint density at radius 3 is 1.89 bits per heavy atom. The summed E-state index contributed by atoms with van der Waals surface area (Å²) in [5, 5.41) is 0.286. The molecule has 0 radical (unpaired) electrons. The van der Waals surface area contributed by atoms with Crippen molar-refractivity contribution in [2.75, 3.05) is 16.5 Å². The molecular weight excluding hydrogens is 793 g/mol. The average molecular weight is 862 g/mol. The monoisotopic (exact) mass is 862 g/mol. The summed E-state index contributed by atoms with van der Waals surface area (Å²) in [4.78, 5) is 8.93. The van der Waals surface area contributed by atoms with E-state index in [0.717, 1.165) is 39.2 Å². The number of fused-ring (bicyclic) bond motifs is 4. The number of nitrogens with zero attached hydrogens (tertiary/aromatic N) is 4. The first kappa shape index (κ1) is 30.9. The Bertz CT molecular complexity index is 3860. The third-order valence-corrected chi connectivity index (χ3v) is 12.2. The summed E-state index contributed by atoms with van der Waals surface area (Å²) >= 11 is 0. The molecule has 0 saturated carbocycles. The number of rotatable bonds is 7. The standard InChI is InChI=1S/C60H58N4O/c1-58(2,3)42-22-17-21-41(33-42)51-35-44(60(7,8)9)34-50(40-19-11-10-12-20-40)57(51)63-39-62(53-27-15-16-28-54(53)63)45-23-18-24-46(37-45)65-47-29-30-49-48-25-13-14-26-52(48)64(55(49)38-47)56-36-43(31-32-61-56)59(4,5)6/h10-38H,39H2,1-9H3/i10D,11D,12D,13D,14D,19D,20D,25D,26D,29D,30D. The van der Waals surface area contributed by atoms with Gasteiger partial charge in [0.2, 0.25) is 0 Å². The van der Waals surface area contributed by atoms with Gasteiger partial charge in [-0.2, -0.15) is 0 Å². The Hall–Kier alpha value is -7.11. The fourth-order valence-electron chi connectivity index (χ4n) is 8.64. The quantitative estimate of drug-likeness (QED) is 0.160. The SMILES string of the molecule is [2H]c1c([2H])c([2H])c(-c2cc(C(C)(C)C)cc(-c3cccc(C(C)(C)C)c3)c2N2CN(c3cccc(Oc4cc5c(c([2H])c4[2H])c4c([2H])c([2H])c([2H])c([2H])c4n5-c4cc(C(C)(C)C)ccn4)c3)c3ccccc32)c([2H])c1[2H]. The molecule has 0 fully saturated rings. The Labute approximate surface area is 400 Å². The lowest BCUT2D eigenvalue weighted by molar-refractivity contribution is 0.483. The van der Waals surface area contributed by atoms with E-state index in [9.17, 15) is 5.48 Å². The van der Waals surface area contributed by atoms with Crippen LogP contribution >= 0.6 is 0 Å². The van der Waals surface area contributed by atoms with Crippen molar-refractivity contribution in [1.82, 2.24) is 9.55 Å². The topological polar surface area (TPSA) is 33.5 Å². The van der Waals surface area contributed by atoms with Gasteiger partial charge in [-0.25, -0.2) is 4.98 Å². The number of hydrogen-bond donors (Lipinski definition) is 0. The van der Waals surface area contributed by atoms with Gasteiger partial charge in [0.1, 0.15) is 24.0 Å². The van der Waals surface area contributed by atoms with Crippen LogP contribution in [0.1, 0.15) is 94.1 Å². The first-order chi connectivity index (χ1) is 35.7. The minimum atomic E-state index is -0.471. The molecule has 5 nitrogen and oxygen atoms in total. The maximum atomic E-state index is 9.44. The van der Waals surface area contributed by atoms with Gasteiger partial charge in [-0.05, 0) is 111 Å². The molecule has 1 aliphatic heterocycles. The van der Waals surface area contributed by atoms with Gasteiger partial charge in [-0.3, -0.25) is 4.57 Å². The predicted molar refractivity (Wildman–Crippen MR) is 274 cm³/mol. The summed E-state index contributed by atoms with van der Waals surface area (Å²) in [6, 6.07) is 29.2. The molecular formula is C60H58N4O. The third-order valence-electron chi connectivity index (χ3n) is 12.2. The van der Waals surface area contributed by atoms with Gasteiger partial charge in [-0.1, -0.05) is 153 Å². The zero-order valence-electron chi connectivity index (χ0n) is 49.3. The van der Waals surface area contributed by atoms with Gasteiger partial charge in [0.25, 0.3) is 0 Å². The molecule has 9 aromatic rings. The van der Waals surface area contributed by atoms with Crippen molar-refractivity contribution in [2.45, 2.75) is 78.6 Å². The molecule has 0 N–H and O–H groups in total. The van der Waals surface area contributed by atoms with Crippen LogP contribution in [0.4, 0.5) is 22.7 Å². The molecule has 7 aromatic carbocycles. The van der Waals surface area contributed by atoms with Crippen LogP contribution in [0.25, 0.3) is 49.9 Å².